The van der Waals surface area contributed by atoms with E-state index in [1.807, 2.05) is 20.0 Å². The SMILES string of the molecule is [2H]CCn1cc(CCCCCC(C)(C)O)nn1. The van der Waals surface area contributed by atoms with Crippen molar-refractivity contribution < 1.29 is 6.48 Å². The zero-order valence-electron chi connectivity index (χ0n) is 11.3. The molecular weight excluding hydrogens is 202 g/mol. The van der Waals surface area contributed by atoms with Gasteiger partial charge in [-0.15, -0.1) is 5.10 Å². The molecular formula is C12H23N3O. The first kappa shape index (κ1) is 11.6. The second-order valence-electron chi connectivity index (χ2n) is 4.85. The maximum Gasteiger partial charge on any atom is 0.0827 e. The van der Waals surface area contributed by atoms with Crippen molar-refractivity contribution in [2.45, 2.75) is 65.0 Å². The molecule has 0 aliphatic heterocycles. The molecule has 1 rings (SSSR count). The Hall–Kier alpha value is -0.900. The molecule has 0 amide bonds. The third kappa shape index (κ3) is 5.26. The largest absolute Gasteiger partial charge is 0.390 e. The van der Waals surface area contributed by atoms with E-state index in [9.17, 15) is 5.11 Å². The molecule has 4 heteroatoms. The van der Waals surface area contributed by atoms with Gasteiger partial charge in [0.05, 0.1) is 11.3 Å². The van der Waals surface area contributed by atoms with Gasteiger partial charge in [-0.05, 0) is 40.0 Å². The normalized spacial score (nSPS) is 12.8. The van der Waals surface area contributed by atoms with Gasteiger partial charge in [-0.25, -0.2) is 0 Å². The summed E-state index contributed by atoms with van der Waals surface area (Å²) in [5.74, 6) is 0. The molecule has 0 aromatic carbocycles. The van der Waals surface area contributed by atoms with E-state index in [0.717, 1.165) is 37.8 Å². The summed E-state index contributed by atoms with van der Waals surface area (Å²) in [6.07, 6.45) is 6.93. The molecule has 0 bridgehead atoms. The van der Waals surface area contributed by atoms with Gasteiger partial charge in [-0.3, -0.25) is 4.68 Å². The average molecular weight is 226 g/mol. The third-order valence-corrected chi connectivity index (χ3v) is 2.54. The lowest BCUT2D eigenvalue weighted by molar-refractivity contribution is 0.0681. The van der Waals surface area contributed by atoms with E-state index in [-0.39, 0.29) is 0 Å². The van der Waals surface area contributed by atoms with Crippen molar-refractivity contribution in [2.75, 3.05) is 0 Å². The van der Waals surface area contributed by atoms with E-state index in [4.69, 9.17) is 1.37 Å². The lowest BCUT2D eigenvalue weighted by Gasteiger charge is -2.16. The molecule has 0 aliphatic carbocycles. The molecule has 0 saturated carbocycles. The van der Waals surface area contributed by atoms with Crippen LogP contribution >= 0.6 is 0 Å². The van der Waals surface area contributed by atoms with E-state index in [1.165, 1.54) is 0 Å². The van der Waals surface area contributed by atoms with Crippen LogP contribution in [0, 0.1) is 0 Å². The van der Waals surface area contributed by atoms with Gasteiger partial charge in [0.1, 0.15) is 0 Å². The second-order valence-corrected chi connectivity index (χ2v) is 4.85. The minimum Gasteiger partial charge on any atom is -0.390 e. The maximum absolute atomic E-state index is 9.55. The quantitative estimate of drug-likeness (QED) is 0.725. The fraction of sp³-hybridized carbons (Fsp3) is 0.833. The first-order valence-corrected chi connectivity index (χ1v) is 5.92. The summed E-state index contributed by atoms with van der Waals surface area (Å²) >= 11 is 0. The fourth-order valence-corrected chi connectivity index (χ4v) is 1.60. The van der Waals surface area contributed by atoms with Crippen LogP contribution in [0.25, 0.3) is 0 Å². The lowest BCUT2D eigenvalue weighted by atomic mass is 10.00. The molecule has 1 N–H and O–H groups in total. The van der Waals surface area contributed by atoms with E-state index in [1.54, 1.807) is 4.68 Å². The van der Waals surface area contributed by atoms with Gasteiger partial charge in [0, 0.05) is 14.1 Å². The highest BCUT2D eigenvalue weighted by molar-refractivity contribution is 4.91. The van der Waals surface area contributed by atoms with Crippen molar-refractivity contribution in [1.82, 2.24) is 15.0 Å². The molecule has 0 unspecified atom stereocenters. The number of aliphatic hydroxyl groups is 1. The van der Waals surface area contributed by atoms with Crippen molar-refractivity contribution >= 4 is 0 Å². The van der Waals surface area contributed by atoms with Crippen molar-refractivity contribution in [3.8, 4) is 0 Å². The van der Waals surface area contributed by atoms with Gasteiger partial charge < -0.3 is 5.11 Å². The average Bonchev–Trinajstić information content (AvgIpc) is 2.64. The molecule has 0 radical (unpaired) electrons. The zero-order valence-corrected chi connectivity index (χ0v) is 10.3. The smallest absolute Gasteiger partial charge is 0.0827 e. The summed E-state index contributed by atoms with van der Waals surface area (Å²) in [5.41, 5.74) is 0.457. The van der Waals surface area contributed by atoms with Crippen LogP contribution in [-0.4, -0.2) is 25.7 Å². The Morgan fingerprint density at radius 3 is 2.94 bits per heavy atom. The van der Waals surface area contributed by atoms with Crippen molar-refractivity contribution in [1.29, 1.82) is 0 Å². The van der Waals surface area contributed by atoms with Crippen LogP contribution in [-0.2, 0) is 13.0 Å². The van der Waals surface area contributed by atoms with Gasteiger partial charge in [0.15, 0.2) is 0 Å². The maximum atomic E-state index is 9.55. The summed E-state index contributed by atoms with van der Waals surface area (Å²) in [5, 5.41) is 17.6. The van der Waals surface area contributed by atoms with Crippen LogP contribution in [0.3, 0.4) is 0 Å². The third-order valence-electron chi connectivity index (χ3n) is 2.54. The summed E-state index contributed by atoms with van der Waals surface area (Å²) < 4.78 is 8.81. The second kappa shape index (κ2) is 5.99. The number of hydrogen-bond donors (Lipinski definition) is 1. The Labute approximate surface area is 99.1 Å². The molecule has 4 nitrogen and oxygen atoms in total. The van der Waals surface area contributed by atoms with Gasteiger partial charge in [-0.1, -0.05) is 18.1 Å². The Kier molecular flexibility index (Phi) is 4.34. The van der Waals surface area contributed by atoms with E-state index in [2.05, 4.69) is 10.3 Å². The Bertz CT molecular complexity index is 320. The van der Waals surface area contributed by atoms with Gasteiger partial charge in [0.2, 0.25) is 0 Å². The summed E-state index contributed by atoms with van der Waals surface area (Å²) in [6, 6.07) is 0. The summed E-state index contributed by atoms with van der Waals surface area (Å²) in [6.45, 7) is 4.65. The molecule has 0 spiro atoms. The Balaban J connectivity index is 2.13. The molecule has 1 aromatic heterocycles. The highest BCUT2D eigenvalue weighted by Crippen LogP contribution is 2.14. The standard InChI is InChI=1S/C12H23N3O/c1-4-15-10-11(13-14-15)8-6-5-7-9-12(2,3)16/h10,16H,4-9H2,1-3H3/i1D. The van der Waals surface area contributed by atoms with Crippen LogP contribution < -0.4 is 0 Å². The fourth-order valence-electron chi connectivity index (χ4n) is 1.60. The number of aromatic nitrogens is 3. The first-order chi connectivity index (χ1) is 8.01. The molecule has 16 heavy (non-hydrogen) atoms. The van der Waals surface area contributed by atoms with E-state index >= 15 is 0 Å². The van der Waals surface area contributed by atoms with Crippen LogP contribution in [0.5, 0.6) is 0 Å². The lowest BCUT2D eigenvalue weighted by Crippen LogP contribution is -2.17. The van der Waals surface area contributed by atoms with Gasteiger partial charge >= 0.3 is 0 Å². The van der Waals surface area contributed by atoms with Crippen LogP contribution in [0.1, 0.15) is 53.5 Å². The van der Waals surface area contributed by atoms with Crippen molar-refractivity contribution in [3.05, 3.63) is 11.9 Å². The van der Waals surface area contributed by atoms with E-state index in [0.29, 0.717) is 13.4 Å². The van der Waals surface area contributed by atoms with Crippen molar-refractivity contribution in [3.63, 3.8) is 0 Å². The molecule has 92 valence electrons. The highest BCUT2D eigenvalue weighted by Gasteiger charge is 2.11. The van der Waals surface area contributed by atoms with Gasteiger partial charge in [-0.2, -0.15) is 0 Å². The number of hydrogen-bond acceptors (Lipinski definition) is 3. The number of aryl methyl sites for hydroxylation is 2. The predicted octanol–water partition coefficient (Wildman–Crippen LogP) is 2.17. The summed E-state index contributed by atoms with van der Waals surface area (Å²) in [7, 11) is 0. The molecule has 0 saturated heterocycles. The number of unbranched alkanes of at least 4 members (excludes halogenated alkanes) is 2. The Morgan fingerprint density at radius 2 is 2.25 bits per heavy atom. The molecule has 0 aliphatic rings. The van der Waals surface area contributed by atoms with Crippen LogP contribution in [0.15, 0.2) is 6.20 Å². The molecule has 1 heterocycles. The van der Waals surface area contributed by atoms with Crippen molar-refractivity contribution in [2.24, 2.45) is 0 Å². The molecule has 1 aromatic rings. The van der Waals surface area contributed by atoms with Crippen LogP contribution in [0.4, 0.5) is 0 Å². The highest BCUT2D eigenvalue weighted by atomic mass is 16.3. The van der Waals surface area contributed by atoms with Gasteiger partial charge in [0.25, 0.3) is 0 Å². The first-order valence-electron chi connectivity index (χ1n) is 6.62. The minimum absolute atomic E-state index is 0.342. The molecule has 0 atom stereocenters. The molecule has 0 fully saturated rings. The predicted molar refractivity (Wildman–Crippen MR) is 64.2 cm³/mol. The summed E-state index contributed by atoms with van der Waals surface area (Å²) in [4.78, 5) is 0. The number of nitrogens with zero attached hydrogens (tertiary/aromatic N) is 3. The van der Waals surface area contributed by atoms with E-state index < -0.39 is 5.60 Å². The Morgan fingerprint density at radius 1 is 1.44 bits per heavy atom. The topological polar surface area (TPSA) is 50.9 Å². The zero-order chi connectivity index (χ0) is 12.7. The minimum atomic E-state index is -0.544. The monoisotopic (exact) mass is 226 g/mol. The number of rotatable bonds is 7. The van der Waals surface area contributed by atoms with Crippen LogP contribution in [0.2, 0.25) is 0 Å².